The van der Waals surface area contributed by atoms with Gasteiger partial charge in [-0.25, -0.2) is 0 Å². The van der Waals surface area contributed by atoms with Crippen molar-refractivity contribution in [2.24, 2.45) is 5.92 Å². The van der Waals surface area contributed by atoms with Crippen molar-refractivity contribution in [2.75, 3.05) is 27.2 Å². The second-order valence-electron chi connectivity index (χ2n) is 3.95. The van der Waals surface area contributed by atoms with Crippen molar-refractivity contribution in [3.63, 3.8) is 0 Å². The Bertz CT molecular complexity index is 317. The summed E-state index contributed by atoms with van der Waals surface area (Å²) in [5.41, 5.74) is 0. The van der Waals surface area contributed by atoms with Crippen molar-refractivity contribution in [1.29, 1.82) is 5.26 Å². The minimum atomic E-state index is -3.39. The Labute approximate surface area is 92.5 Å². The summed E-state index contributed by atoms with van der Waals surface area (Å²) in [7, 11) is -0.401. The minimum absolute atomic E-state index is 0.222. The van der Waals surface area contributed by atoms with Gasteiger partial charge in [0.1, 0.15) is 0 Å². The Morgan fingerprint density at radius 2 is 1.87 bits per heavy atom. The minimum Gasteiger partial charge on any atom is -0.198 e. The summed E-state index contributed by atoms with van der Waals surface area (Å²) < 4.78 is 26.2. The normalized spacial score (nSPS) is 12.4. The molecule has 0 aromatic carbocycles. The average Bonchev–Trinajstić information content (AvgIpc) is 2.11. The predicted molar refractivity (Wildman–Crippen MR) is 59.2 cm³/mol. The highest BCUT2D eigenvalue weighted by molar-refractivity contribution is 7.86. The molecule has 6 heteroatoms. The van der Waals surface area contributed by atoms with Crippen LogP contribution in [0, 0.1) is 17.2 Å². The maximum atomic E-state index is 11.8. The first-order valence-corrected chi connectivity index (χ1v) is 6.26. The van der Waals surface area contributed by atoms with E-state index in [1.807, 2.05) is 19.9 Å². The molecular weight excluding hydrogens is 214 g/mol. The van der Waals surface area contributed by atoms with Crippen molar-refractivity contribution < 1.29 is 8.42 Å². The number of rotatable bonds is 6. The zero-order chi connectivity index (χ0) is 12.1. The number of hydrogen-bond acceptors (Lipinski definition) is 3. The molecule has 0 saturated carbocycles. The number of nitriles is 1. The zero-order valence-electron chi connectivity index (χ0n) is 9.77. The monoisotopic (exact) mass is 233 g/mol. The first-order valence-electron chi connectivity index (χ1n) is 4.87. The first kappa shape index (κ1) is 14.4. The van der Waals surface area contributed by atoms with Crippen LogP contribution < -0.4 is 0 Å². The maximum absolute atomic E-state index is 11.8. The Kier molecular flexibility index (Phi) is 5.80. The van der Waals surface area contributed by atoms with Gasteiger partial charge >= 0.3 is 0 Å². The van der Waals surface area contributed by atoms with Gasteiger partial charge in [-0.1, -0.05) is 13.8 Å². The fourth-order valence-electron chi connectivity index (χ4n) is 1.11. The van der Waals surface area contributed by atoms with Gasteiger partial charge in [-0.15, -0.1) is 0 Å². The van der Waals surface area contributed by atoms with E-state index in [0.29, 0.717) is 6.54 Å². The summed E-state index contributed by atoms with van der Waals surface area (Å²) >= 11 is 0. The van der Waals surface area contributed by atoms with Crippen LogP contribution in [0.1, 0.15) is 20.3 Å². The SMILES string of the molecule is CC(C)CN(CCC#N)S(=O)(=O)N(C)C. The lowest BCUT2D eigenvalue weighted by Gasteiger charge is -2.25. The van der Waals surface area contributed by atoms with Crippen LogP contribution in [0.15, 0.2) is 0 Å². The van der Waals surface area contributed by atoms with E-state index in [9.17, 15) is 8.42 Å². The molecule has 0 amide bonds. The van der Waals surface area contributed by atoms with Crippen molar-refractivity contribution in [2.45, 2.75) is 20.3 Å². The van der Waals surface area contributed by atoms with Gasteiger partial charge in [-0.2, -0.15) is 22.3 Å². The van der Waals surface area contributed by atoms with E-state index < -0.39 is 10.2 Å². The van der Waals surface area contributed by atoms with Crippen LogP contribution in [-0.4, -0.2) is 44.2 Å². The molecule has 0 aliphatic heterocycles. The van der Waals surface area contributed by atoms with E-state index in [1.54, 1.807) is 0 Å². The van der Waals surface area contributed by atoms with Crippen molar-refractivity contribution in [3.05, 3.63) is 0 Å². The molecule has 0 rings (SSSR count). The predicted octanol–water partition coefficient (Wildman–Crippen LogP) is 0.664. The molecule has 0 heterocycles. The summed E-state index contributed by atoms with van der Waals surface area (Å²) in [5, 5.41) is 8.47. The summed E-state index contributed by atoms with van der Waals surface area (Å²) in [5.74, 6) is 0.249. The van der Waals surface area contributed by atoms with Gasteiger partial charge in [0.2, 0.25) is 0 Å². The van der Waals surface area contributed by atoms with Gasteiger partial charge < -0.3 is 0 Å². The van der Waals surface area contributed by atoms with E-state index >= 15 is 0 Å². The molecule has 0 aliphatic carbocycles. The highest BCUT2D eigenvalue weighted by Gasteiger charge is 2.24. The molecule has 5 nitrogen and oxygen atoms in total. The van der Waals surface area contributed by atoms with Gasteiger partial charge in [-0.05, 0) is 5.92 Å². The highest BCUT2D eigenvalue weighted by atomic mass is 32.2. The van der Waals surface area contributed by atoms with Crippen molar-refractivity contribution in [3.8, 4) is 6.07 Å². The third kappa shape index (κ3) is 4.60. The van der Waals surface area contributed by atoms with Crippen LogP contribution in [0.3, 0.4) is 0 Å². The molecule has 0 unspecified atom stereocenters. The molecule has 0 saturated heterocycles. The number of hydrogen-bond donors (Lipinski definition) is 0. The van der Waals surface area contributed by atoms with E-state index in [4.69, 9.17) is 5.26 Å². The molecule has 0 N–H and O–H groups in total. The van der Waals surface area contributed by atoms with Gasteiger partial charge in [0.15, 0.2) is 0 Å². The molecule has 0 fully saturated rings. The van der Waals surface area contributed by atoms with Crippen LogP contribution in [0.4, 0.5) is 0 Å². The average molecular weight is 233 g/mol. The van der Waals surface area contributed by atoms with Crippen LogP contribution in [-0.2, 0) is 10.2 Å². The van der Waals surface area contributed by atoms with Crippen molar-refractivity contribution in [1.82, 2.24) is 8.61 Å². The summed E-state index contributed by atoms with van der Waals surface area (Å²) in [6, 6.07) is 1.96. The molecule has 15 heavy (non-hydrogen) atoms. The highest BCUT2D eigenvalue weighted by Crippen LogP contribution is 2.08. The maximum Gasteiger partial charge on any atom is 0.281 e. The molecule has 0 spiro atoms. The standard InChI is InChI=1S/C9H19N3O2S/c1-9(2)8-12(7-5-6-10)15(13,14)11(3)4/h9H,5,7-8H2,1-4H3. The molecule has 0 radical (unpaired) electrons. The van der Waals surface area contributed by atoms with Gasteiger partial charge in [0.25, 0.3) is 10.2 Å². The van der Waals surface area contributed by atoms with Crippen molar-refractivity contribution >= 4 is 10.2 Å². The second kappa shape index (κ2) is 6.05. The largest absolute Gasteiger partial charge is 0.281 e. The fraction of sp³-hybridized carbons (Fsp3) is 0.889. The van der Waals surface area contributed by atoms with Gasteiger partial charge in [0.05, 0.1) is 6.07 Å². The first-order chi connectivity index (χ1) is 6.82. The third-order valence-electron chi connectivity index (χ3n) is 1.83. The second-order valence-corrected chi connectivity index (χ2v) is 6.09. The Morgan fingerprint density at radius 1 is 1.33 bits per heavy atom. The molecule has 0 atom stereocenters. The van der Waals surface area contributed by atoms with Gasteiger partial charge in [0, 0.05) is 33.6 Å². The molecule has 0 aromatic rings. The molecular formula is C9H19N3O2S. The molecule has 0 bridgehead atoms. The van der Waals surface area contributed by atoms with E-state index in [1.165, 1.54) is 22.7 Å². The topological polar surface area (TPSA) is 64.4 Å². The Hall–Kier alpha value is -0.640. The fourth-order valence-corrected chi connectivity index (χ4v) is 2.38. The molecule has 0 aromatic heterocycles. The summed E-state index contributed by atoms with van der Waals surface area (Å²) in [6.07, 6.45) is 0.222. The van der Waals surface area contributed by atoms with E-state index in [0.717, 1.165) is 0 Å². The summed E-state index contributed by atoms with van der Waals surface area (Å²) in [4.78, 5) is 0. The van der Waals surface area contributed by atoms with Crippen LogP contribution in [0.5, 0.6) is 0 Å². The van der Waals surface area contributed by atoms with E-state index in [2.05, 4.69) is 0 Å². The zero-order valence-corrected chi connectivity index (χ0v) is 10.6. The lowest BCUT2D eigenvalue weighted by molar-refractivity contribution is 0.346. The molecule has 88 valence electrons. The van der Waals surface area contributed by atoms with E-state index in [-0.39, 0.29) is 18.9 Å². The number of nitrogens with zero attached hydrogens (tertiary/aromatic N) is 3. The lowest BCUT2D eigenvalue weighted by Crippen LogP contribution is -2.42. The van der Waals surface area contributed by atoms with Gasteiger partial charge in [-0.3, -0.25) is 0 Å². The summed E-state index contributed by atoms with van der Waals surface area (Å²) in [6.45, 7) is 4.60. The van der Waals surface area contributed by atoms with Crippen LogP contribution in [0.2, 0.25) is 0 Å². The Balaban J connectivity index is 4.71. The van der Waals surface area contributed by atoms with Crippen LogP contribution >= 0.6 is 0 Å². The lowest BCUT2D eigenvalue weighted by atomic mass is 10.2. The molecule has 0 aliphatic rings. The van der Waals surface area contributed by atoms with Crippen LogP contribution in [0.25, 0.3) is 0 Å². The smallest absolute Gasteiger partial charge is 0.198 e. The quantitative estimate of drug-likeness (QED) is 0.677. The third-order valence-corrected chi connectivity index (χ3v) is 3.74. The Morgan fingerprint density at radius 3 is 2.20 bits per heavy atom.